The molecule has 0 bridgehead atoms. The van der Waals surface area contributed by atoms with Crippen molar-refractivity contribution >= 4 is 40.8 Å². The molecule has 2 aliphatic rings. The van der Waals surface area contributed by atoms with Crippen LogP contribution in [0, 0.1) is 27.9 Å². The van der Waals surface area contributed by atoms with Gasteiger partial charge in [0.15, 0.2) is 5.78 Å². The van der Waals surface area contributed by atoms with Crippen LogP contribution in [0.25, 0.3) is 0 Å². The van der Waals surface area contributed by atoms with Gasteiger partial charge in [-0.3, -0.25) is 29.3 Å². The zero-order valence-corrected chi connectivity index (χ0v) is 19.1. The second-order valence-electron chi connectivity index (χ2n) is 8.72. The third-order valence-electron chi connectivity index (χ3n) is 6.40. The number of nitro benzene ring substituents is 1. The second-order valence-corrected chi connectivity index (χ2v) is 9.16. The SMILES string of the molecule is C[C@@H]1CC[C@@H]2C(=O)N(N(CC(=O)c3cccc([N+](=O)[O-])c3)C(=O)c3ccc(Cl)cc3)C(=O)[C@@H]2C1. The van der Waals surface area contributed by atoms with Crippen LogP contribution in [0.1, 0.15) is 46.9 Å². The fourth-order valence-electron chi connectivity index (χ4n) is 4.61. The molecule has 0 N–H and O–H groups in total. The summed E-state index contributed by atoms with van der Waals surface area (Å²) in [5.74, 6) is -3.17. The zero-order chi connectivity index (χ0) is 24.6. The molecule has 9 nitrogen and oxygen atoms in total. The highest BCUT2D eigenvalue weighted by Gasteiger charge is 2.52. The number of rotatable bonds is 6. The van der Waals surface area contributed by atoms with Crippen LogP contribution in [0.5, 0.6) is 0 Å². The Morgan fingerprint density at radius 2 is 1.74 bits per heavy atom. The molecule has 2 aromatic rings. The predicted molar refractivity (Wildman–Crippen MR) is 122 cm³/mol. The lowest BCUT2D eigenvalue weighted by Crippen LogP contribution is -2.52. The molecular weight excluding hydrogens is 462 g/mol. The van der Waals surface area contributed by atoms with Crippen LogP contribution in [0.2, 0.25) is 5.02 Å². The average Bonchev–Trinajstić information content (AvgIpc) is 3.06. The van der Waals surface area contributed by atoms with Crippen LogP contribution in [0.15, 0.2) is 48.5 Å². The smallest absolute Gasteiger partial charge is 0.273 e. The fourth-order valence-corrected chi connectivity index (χ4v) is 4.73. The first-order chi connectivity index (χ1) is 16.2. The molecule has 2 aromatic carbocycles. The number of ketones is 1. The molecule has 176 valence electrons. The van der Waals surface area contributed by atoms with Crippen LogP contribution >= 0.6 is 11.6 Å². The minimum absolute atomic E-state index is 0.00626. The van der Waals surface area contributed by atoms with Crippen LogP contribution in [0.3, 0.4) is 0 Å². The lowest BCUT2D eigenvalue weighted by Gasteiger charge is -2.30. The summed E-state index contributed by atoms with van der Waals surface area (Å²) in [7, 11) is 0. The first kappa shape index (κ1) is 23.6. The number of non-ortho nitro benzene ring substituents is 1. The maximum Gasteiger partial charge on any atom is 0.273 e. The molecule has 0 radical (unpaired) electrons. The first-order valence-corrected chi connectivity index (χ1v) is 11.3. The number of benzene rings is 2. The lowest BCUT2D eigenvalue weighted by molar-refractivity contribution is -0.384. The van der Waals surface area contributed by atoms with E-state index >= 15 is 0 Å². The Hall–Kier alpha value is -3.59. The van der Waals surface area contributed by atoms with Gasteiger partial charge in [-0.25, -0.2) is 5.01 Å². The van der Waals surface area contributed by atoms with Gasteiger partial charge in [0.05, 0.1) is 16.8 Å². The van der Waals surface area contributed by atoms with Crippen LogP contribution in [0.4, 0.5) is 5.69 Å². The number of carbonyl (C=O) groups is 4. The highest BCUT2D eigenvalue weighted by Crippen LogP contribution is 2.41. The van der Waals surface area contributed by atoms with Gasteiger partial charge in [0.25, 0.3) is 23.4 Å². The van der Waals surface area contributed by atoms with E-state index in [0.29, 0.717) is 17.9 Å². The van der Waals surface area contributed by atoms with Crippen molar-refractivity contribution in [2.45, 2.75) is 26.2 Å². The van der Waals surface area contributed by atoms with E-state index in [4.69, 9.17) is 11.6 Å². The highest BCUT2D eigenvalue weighted by molar-refractivity contribution is 6.30. The maximum atomic E-state index is 13.4. The standard InChI is InChI=1S/C24H22ClN3O6/c1-14-5-10-19-20(11-14)24(32)27(23(19)31)26(22(30)15-6-8-17(25)9-7-15)13-21(29)16-3-2-4-18(12-16)28(33)34/h2-4,6-9,12,14,19-20H,5,10-11,13H2,1H3/t14-,19+,20-/m1/s1. The molecule has 1 saturated heterocycles. The fraction of sp³-hybridized carbons (Fsp3) is 0.333. The van der Waals surface area contributed by atoms with Crippen molar-refractivity contribution in [3.05, 3.63) is 74.8 Å². The predicted octanol–water partition coefficient (Wildman–Crippen LogP) is 3.91. The molecule has 34 heavy (non-hydrogen) atoms. The molecular formula is C24H22ClN3O6. The van der Waals surface area contributed by atoms with Gasteiger partial charge in [0.1, 0.15) is 6.54 Å². The molecule has 1 saturated carbocycles. The Kier molecular flexibility index (Phi) is 6.47. The number of hydrogen-bond acceptors (Lipinski definition) is 6. The van der Waals surface area contributed by atoms with Crippen LogP contribution in [-0.2, 0) is 9.59 Å². The molecule has 3 amide bonds. The van der Waals surface area contributed by atoms with E-state index in [9.17, 15) is 29.3 Å². The number of hydrogen-bond donors (Lipinski definition) is 0. The molecule has 0 spiro atoms. The molecule has 10 heteroatoms. The minimum Gasteiger partial charge on any atom is -0.292 e. The van der Waals surface area contributed by atoms with E-state index in [-0.39, 0.29) is 22.7 Å². The van der Waals surface area contributed by atoms with Crippen molar-refractivity contribution in [1.29, 1.82) is 0 Å². The third kappa shape index (κ3) is 4.43. The monoisotopic (exact) mass is 483 g/mol. The number of imide groups is 1. The van der Waals surface area contributed by atoms with E-state index in [1.807, 2.05) is 6.92 Å². The second kappa shape index (κ2) is 9.34. The van der Waals surface area contributed by atoms with Gasteiger partial charge in [0.2, 0.25) is 0 Å². The van der Waals surface area contributed by atoms with Gasteiger partial charge in [-0.1, -0.05) is 30.7 Å². The molecule has 1 aliphatic carbocycles. The van der Waals surface area contributed by atoms with Crippen molar-refractivity contribution in [1.82, 2.24) is 10.0 Å². The van der Waals surface area contributed by atoms with Gasteiger partial charge in [0, 0.05) is 28.3 Å². The summed E-state index contributed by atoms with van der Waals surface area (Å²) < 4.78 is 0. The Bertz CT molecular complexity index is 1180. The normalized spacial score (nSPS) is 21.8. The van der Waals surface area contributed by atoms with Gasteiger partial charge < -0.3 is 0 Å². The van der Waals surface area contributed by atoms with Gasteiger partial charge in [-0.2, -0.15) is 5.01 Å². The molecule has 1 aliphatic heterocycles. The molecule has 2 fully saturated rings. The number of Topliss-reactive ketones (excluding diaryl/α,β-unsaturated/α-hetero) is 1. The number of nitrogens with zero attached hydrogens (tertiary/aromatic N) is 3. The largest absolute Gasteiger partial charge is 0.292 e. The molecule has 4 rings (SSSR count). The minimum atomic E-state index is -0.719. The average molecular weight is 484 g/mol. The summed E-state index contributed by atoms with van der Waals surface area (Å²) in [6.45, 7) is 1.38. The molecule has 0 unspecified atom stereocenters. The molecule has 3 atom stereocenters. The number of fused-ring (bicyclic) bond motifs is 1. The Labute approximate surface area is 200 Å². The van der Waals surface area contributed by atoms with E-state index in [0.717, 1.165) is 22.5 Å². The molecule has 0 aromatic heterocycles. The van der Waals surface area contributed by atoms with Crippen molar-refractivity contribution in [3.63, 3.8) is 0 Å². The van der Waals surface area contributed by atoms with Crippen LogP contribution < -0.4 is 0 Å². The maximum absolute atomic E-state index is 13.4. The summed E-state index contributed by atoms with van der Waals surface area (Å²) in [5, 5.41) is 13.2. The van der Waals surface area contributed by atoms with Crippen molar-refractivity contribution in [2.24, 2.45) is 17.8 Å². The topological polar surface area (TPSA) is 118 Å². The number of nitro groups is 1. The van der Waals surface area contributed by atoms with E-state index in [1.165, 1.54) is 42.5 Å². The van der Waals surface area contributed by atoms with Crippen molar-refractivity contribution < 1.29 is 24.1 Å². The highest BCUT2D eigenvalue weighted by atomic mass is 35.5. The van der Waals surface area contributed by atoms with E-state index < -0.39 is 46.8 Å². The first-order valence-electron chi connectivity index (χ1n) is 10.9. The Morgan fingerprint density at radius 3 is 2.41 bits per heavy atom. The van der Waals surface area contributed by atoms with Crippen molar-refractivity contribution in [2.75, 3.05) is 6.54 Å². The summed E-state index contributed by atoms with van der Waals surface area (Å²) in [6.07, 6.45) is 1.87. The van der Waals surface area contributed by atoms with E-state index in [2.05, 4.69) is 0 Å². The lowest BCUT2D eigenvalue weighted by atomic mass is 9.76. The van der Waals surface area contributed by atoms with Crippen LogP contribution in [-0.4, -0.2) is 45.0 Å². The van der Waals surface area contributed by atoms with Gasteiger partial charge >= 0.3 is 0 Å². The zero-order valence-electron chi connectivity index (χ0n) is 18.3. The van der Waals surface area contributed by atoms with Gasteiger partial charge in [-0.15, -0.1) is 0 Å². The van der Waals surface area contributed by atoms with Crippen molar-refractivity contribution in [3.8, 4) is 0 Å². The number of halogens is 1. The Balaban J connectivity index is 1.69. The van der Waals surface area contributed by atoms with E-state index in [1.54, 1.807) is 0 Å². The summed E-state index contributed by atoms with van der Waals surface area (Å²) in [4.78, 5) is 63.5. The van der Waals surface area contributed by atoms with Gasteiger partial charge in [-0.05, 0) is 49.4 Å². The third-order valence-corrected chi connectivity index (χ3v) is 6.66. The molecule has 1 heterocycles. The number of amides is 3. The number of carbonyl (C=O) groups excluding carboxylic acids is 4. The summed E-state index contributed by atoms with van der Waals surface area (Å²) in [6, 6.07) is 10.9. The number of hydrazine groups is 1. The quantitative estimate of drug-likeness (QED) is 0.266. The summed E-state index contributed by atoms with van der Waals surface area (Å²) in [5.41, 5.74) is -0.150. The summed E-state index contributed by atoms with van der Waals surface area (Å²) >= 11 is 5.92. The Morgan fingerprint density at radius 1 is 1.06 bits per heavy atom.